The summed E-state index contributed by atoms with van der Waals surface area (Å²) >= 11 is 0. The standard InChI is InChI=1S/C18H21N3O6S/c1-13(2)27-17-9-7-14(8-10-17)19-18(22)12-20(28(3,25)26)15-5-4-6-16(11-15)21(23)24/h4-11,13H,12H2,1-3H3,(H,19,22). The Kier molecular flexibility index (Phi) is 6.57. The molecule has 150 valence electrons. The number of nitrogens with one attached hydrogen (secondary N) is 1. The minimum absolute atomic E-state index is 0.0127. The number of sulfonamides is 1. The molecule has 0 saturated carbocycles. The van der Waals surface area contributed by atoms with Gasteiger partial charge >= 0.3 is 0 Å². The molecule has 28 heavy (non-hydrogen) atoms. The number of ether oxygens (including phenoxy) is 1. The molecule has 0 unspecified atom stereocenters. The van der Waals surface area contributed by atoms with E-state index in [0.29, 0.717) is 11.4 Å². The zero-order valence-electron chi connectivity index (χ0n) is 15.7. The molecular weight excluding hydrogens is 386 g/mol. The molecule has 0 fully saturated rings. The Morgan fingerprint density at radius 3 is 2.39 bits per heavy atom. The average molecular weight is 407 g/mol. The number of benzene rings is 2. The molecule has 0 saturated heterocycles. The third-order valence-electron chi connectivity index (χ3n) is 3.53. The summed E-state index contributed by atoms with van der Waals surface area (Å²) in [4.78, 5) is 22.6. The van der Waals surface area contributed by atoms with Crippen LogP contribution in [0.3, 0.4) is 0 Å². The molecule has 0 aromatic heterocycles. The largest absolute Gasteiger partial charge is 0.491 e. The summed E-state index contributed by atoms with van der Waals surface area (Å²) in [6, 6.07) is 11.7. The van der Waals surface area contributed by atoms with Gasteiger partial charge in [0.1, 0.15) is 12.3 Å². The lowest BCUT2D eigenvalue weighted by atomic mass is 10.2. The Balaban J connectivity index is 2.16. The maximum absolute atomic E-state index is 12.3. The van der Waals surface area contributed by atoms with E-state index in [1.807, 2.05) is 13.8 Å². The van der Waals surface area contributed by atoms with Crippen LogP contribution in [0.5, 0.6) is 5.75 Å². The van der Waals surface area contributed by atoms with E-state index in [1.54, 1.807) is 24.3 Å². The zero-order valence-corrected chi connectivity index (χ0v) is 16.5. The average Bonchev–Trinajstić information content (AvgIpc) is 2.60. The zero-order chi connectivity index (χ0) is 20.9. The van der Waals surface area contributed by atoms with Crippen LogP contribution >= 0.6 is 0 Å². The highest BCUT2D eigenvalue weighted by molar-refractivity contribution is 7.92. The highest BCUT2D eigenvalue weighted by Crippen LogP contribution is 2.23. The normalized spacial score (nSPS) is 11.1. The van der Waals surface area contributed by atoms with Crippen LogP contribution in [-0.2, 0) is 14.8 Å². The lowest BCUT2D eigenvalue weighted by Gasteiger charge is -2.21. The molecule has 0 aliphatic rings. The van der Waals surface area contributed by atoms with Crippen LogP contribution < -0.4 is 14.4 Å². The molecule has 2 aromatic carbocycles. The van der Waals surface area contributed by atoms with E-state index < -0.39 is 27.4 Å². The van der Waals surface area contributed by atoms with Gasteiger partial charge in [-0.25, -0.2) is 8.42 Å². The van der Waals surface area contributed by atoms with Gasteiger partial charge in [-0.05, 0) is 44.2 Å². The van der Waals surface area contributed by atoms with Gasteiger partial charge in [-0.15, -0.1) is 0 Å². The molecule has 0 spiro atoms. The molecule has 10 heteroatoms. The monoisotopic (exact) mass is 407 g/mol. The van der Waals surface area contributed by atoms with Crippen LogP contribution in [-0.4, -0.2) is 38.2 Å². The van der Waals surface area contributed by atoms with Crippen molar-refractivity contribution in [3.05, 3.63) is 58.6 Å². The smallest absolute Gasteiger partial charge is 0.271 e. The minimum Gasteiger partial charge on any atom is -0.491 e. The van der Waals surface area contributed by atoms with Gasteiger partial charge in [0.2, 0.25) is 15.9 Å². The number of hydrogen-bond acceptors (Lipinski definition) is 6. The van der Waals surface area contributed by atoms with Crippen molar-refractivity contribution in [2.24, 2.45) is 0 Å². The molecular formula is C18H21N3O6S. The van der Waals surface area contributed by atoms with Crippen LogP contribution in [0, 0.1) is 10.1 Å². The molecule has 0 radical (unpaired) electrons. The number of nitro benzene ring substituents is 1. The molecule has 2 rings (SSSR count). The van der Waals surface area contributed by atoms with E-state index in [1.165, 1.54) is 18.2 Å². The summed E-state index contributed by atoms with van der Waals surface area (Å²) in [6.07, 6.45) is 0.940. The number of rotatable bonds is 8. The van der Waals surface area contributed by atoms with Crippen molar-refractivity contribution in [2.45, 2.75) is 20.0 Å². The fourth-order valence-electron chi connectivity index (χ4n) is 2.38. The van der Waals surface area contributed by atoms with Crippen molar-refractivity contribution in [3.63, 3.8) is 0 Å². The Morgan fingerprint density at radius 2 is 1.86 bits per heavy atom. The van der Waals surface area contributed by atoms with Gasteiger partial charge in [-0.1, -0.05) is 6.07 Å². The van der Waals surface area contributed by atoms with Crippen molar-refractivity contribution in [2.75, 3.05) is 22.4 Å². The second-order valence-electron chi connectivity index (χ2n) is 6.29. The number of amides is 1. The first-order valence-electron chi connectivity index (χ1n) is 8.35. The van der Waals surface area contributed by atoms with Crippen LogP contribution in [0.4, 0.5) is 17.1 Å². The van der Waals surface area contributed by atoms with Gasteiger partial charge in [0.25, 0.3) is 5.69 Å². The number of carbonyl (C=O) groups excluding carboxylic acids is 1. The molecule has 1 N–H and O–H groups in total. The van der Waals surface area contributed by atoms with E-state index in [-0.39, 0.29) is 17.5 Å². The van der Waals surface area contributed by atoms with E-state index in [9.17, 15) is 23.3 Å². The first-order valence-corrected chi connectivity index (χ1v) is 10.2. The number of carbonyl (C=O) groups is 1. The Hall–Kier alpha value is -3.14. The van der Waals surface area contributed by atoms with E-state index >= 15 is 0 Å². The SMILES string of the molecule is CC(C)Oc1ccc(NC(=O)CN(c2cccc([N+](=O)[O-])c2)S(C)(=O)=O)cc1. The Bertz CT molecular complexity index is 958. The molecule has 2 aromatic rings. The topological polar surface area (TPSA) is 119 Å². The van der Waals surface area contributed by atoms with E-state index in [2.05, 4.69) is 5.32 Å². The van der Waals surface area contributed by atoms with Crippen LogP contribution in [0.2, 0.25) is 0 Å². The second kappa shape index (κ2) is 8.70. The van der Waals surface area contributed by atoms with Crippen molar-refractivity contribution in [1.29, 1.82) is 0 Å². The number of nitrogens with zero attached hydrogens (tertiary/aromatic N) is 2. The van der Waals surface area contributed by atoms with Gasteiger partial charge in [0, 0.05) is 17.8 Å². The summed E-state index contributed by atoms with van der Waals surface area (Å²) in [5, 5.41) is 13.5. The fourth-order valence-corrected chi connectivity index (χ4v) is 3.23. The summed E-state index contributed by atoms with van der Waals surface area (Å²) in [5.74, 6) is 0.0526. The molecule has 0 aliphatic carbocycles. The number of non-ortho nitro benzene ring substituents is 1. The van der Waals surface area contributed by atoms with E-state index in [4.69, 9.17) is 4.74 Å². The Labute approximate surface area is 163 Å². The quantitative estimate of drug-likeness (QED) is 0.531. The number of hydrogen-bond donors (Lipinski definition) is 1. The predicted octanol–water partition coefficient (Wildman–Crippen LogP) is 2.79. The molecule has 0 aliphatic heterocycles. The predicted molar refractivity (Wildman–Crippen MR) is 106 cm³/mol. The first kappa shape index (κ1) is 21.2. The van der Waals surface area contributed by atoms with Gasteiger partial charge in [0.05, 0.1) is 23.0 Å². The van der Waals surface area contributed by atoms with Crippen LogP contribution in [0.15, 0.2) is 48.5 Å². The van der Waals surface area contributed by atoms with Gasteiger partial charge < -0.3 is 10.1 Å². The fraction of sp³-hybridized carbons (Fsp3) is 0.278. The Morgan fingerprint density at radius 1 is 1.21 bits per heavy atom. The highest BCUT2D eigenvalue weighted by atomic mass is 32.2. The van der Waals surface area contributed by atoms with Gasteiger partial charge in [0.15, 0.2) is 0 Å². The first-order chi connectivity index (χ1) is 13.1. The van der Waals surface area contributed by atoms with Crippen LogP contribution in [0.1, 0.15) is 13.8 Å². The molecule has 9 nitrogen and oxygen atoms in total. The summed E-state index contributed by atoms with van der Waals surface area (Å²) in [7, 11) is -3.84. The molecule has 1 amide bonds. The number of nitro groups is 1. The molecule has 0 bridgehead atoms. The maximum atomic E-state index is 12.3. The molecule has 0 heterocycles. The molecule has 0 atom stereocenters. The van der Waals surface area contributed by atoms with Crippen molar-refractivity contribution in [1.82, 2.24) is 0 Å². The summed E-state index contributed by atoms with van der Waals surface area (Å²) in [5.41, 5.74) is 0.230. The van der Waals surface area contributed by atoms with Crippen molar-refractivity contribution in [3.8, 4) is 5.75 Å². The van der Waals surface area contributed by atoms with Crippen LogP contribution in [0.25, 0.3) is 0 Å². The third-order valence-corrected chi connectivity index (χ3v) is 4.67. The third kappa shape index (κ3) is 5.95. The van der Waals surface area contributed by atoms with Gasteiger partial charge in [-0.2, -0.15) is 0 Å². The highest BCUT2D eigenvalue weighted by Gasteiger charge is 2.22. The van der Waals surface area contributed by atoms with E-state index in [0.717, 1.165) is 16.6 Å². The maximum Gasteiger partial charge on any atom is 0.271 e. The second-order valence-corrected chi connectivity index (χ2v) is 8.19. The summed E-state index contributed by atoms with van der Waals surface area (Å²) < 4.78 is 30.5. The minimum atomic E-state index is -3.84. The van der Waals surface area contributed by atoms with Gasteiger partial charge in [-0.3, -0.25) is 19.2 Å². The summed E-state index contributed by atoms with van der Waals surface area (Å²) in [6.45, 7) is 3.26. The lowest BCUT2D eigenvalue weighted by molar-refractivity contribution is -0.384. The number of anilines is 2. The van der Waals surface area contributed by atoms with Crippen molar-refractivity contribution < 1.29 is 22.9 Å². The lowest BCUT2D eigenvalue weighted by Crippen LogP contribution is -2.37. The van der Waals surface area contributed by atoms with Crippen molar-refractivity contribution >= 4 is 33.0 Å².